The zero-order valence-corrected chi connectivity index (χ0v) is 7.41. The van der Waals surface area contributed by atoms with Crippen LogP contribution in [0.15, 0.2) is 4.99 Å². The Bertz CT molecular complexity index is 72.1. The minimum atomic E-state index is 0.902. The third-order valence-electron chi connectivity index (χ3n) is 0.451. The van der Waals surface area contributed by atoms with Gasteiger partial charge in [0.05, 0.1) is 0 Å². The second-order valence-electron chi connectivity index (χ2n) is 0.931. The molecule has 0 bridgehead atoms. The van der Waals surface area contributed by atoms with Gasteiger partial charge >= 0.3 is 0 Å². The van der Waals surface area contributed by atoms with Crippen LogP contribution in [-0.4, -0.2) is 15.9 Å². The molecule has 0 rings (SSSR count). The standard InChI is InChI=1S/C4H8INS/c1-3-6-4(5)7-2/h3H2,1-2H3. The highest BCUT2D eigenvalue weighted by Crippen LogP contribution is 2.04. The van der Waals surface area contributed by atoms with Crippen LogP contribution in [0.4, 0.5) is 0 Å². The number of aliphatic imine (C=N–C) groups is 1. The van der Waals surface area contributed by atoms with Crippen molar-refractivity contribution in [2.24, 2.45) is 4.99 Å². The summed E-state index contributed by atoms with van der Waals surface area (Å²) >= 11 is 3.90. The van der Waals surface area contributed by atoms with Gasteiger partial charge in [-0.25, -0.2) is 0 Å². The van der Waals surface area contributed by atoms with Crippen LogP contribution < -0.4 is 0 Å². The van der Waals surface area contributed by atoms with Crippen molar-refractivity contribution in [3.63, 3.8) is 0 Å². The lowest BCUT2D eigenvalue weighted by Crippen LogP contribution is -1.75. The van der Waals surface area contributed by atoms with Crippen LogP contribution in [0.1, 0.15) is 6.92 Å². The van der Waals surface area contributed by atoms with Crippen LogP contribution in [0, 0.1) is 0 Å². The minimum absolute atomic E-state index is 0.902. The fourth-order valence-corrected chi connectivity index (χ4v) is 0.788. The smallest absolute Gasteiger partial charge is 0.128 e. The molecule has 0 aliphatic heterocycles. The lowest BCUT2D eigenvalue weighted by atomic mass is 10.8. The molecule has 0 amide bonds. The van der Waals surface area contributed by atoms with E-state index in [9.17, 15) is 0 Å². The van der Waals surface area contributed by atoms with Gasteiger partial charge in [-0.15, -0.1) is 11.8 Å². The number of rotatable bonds is 1. The third-order valence-corrected chi connectivity index (χ3v) is 2.58. The Balaban J connectivity index is 3.29. The van der Waals surface area contributed by atoms with Gasteiger partial charge in [-0.3, -0.25) is 4.99 Å². The maximum atomic E-state index is 4.11. The SMILES string of the molecule is CCN=C(I)SC. The van der Waals surface area contributed by atoms with Crippen LogP contribution >= 0.6 is 34.4 Å². The highest BCUT2D eigenvalue weighted by atomic mass is 127. The van der Waals surface area contributed by atoms with Crippen LogP contribution in [0.3, 0.4) is 0 Å². The number of hydrogen-bond donors (Lipinski definition) is 0. The van der Waals surface area contributed by atoms with Crippen molar-refractivity contribution in [2.75, 3.05) is 12.8 Å². The molecule has 0 aromatic heterocycles. The molecule has 3 heteroatoms. The van der Waals surface area contributed by atoms with Gasteiger partial charge in [0, 0.05) is 6.54 Å². The van der Waals surface area contributed by atoms with E-state index in [1.54, 1.807) is 11.8 Å². The van der Waals surface area contributed by atoms with E-state index in [-0.39, 0.29) is 0 Å². The molecule has 0 fully saturated rings. The Hall–Kier alpha value is 0.750. The van der Waals surface area contributed by atoms with Crippen molar-refractivity contribution >= 4 is 37.4 Å². The van der Waals surface area contributed by atoms with E-state index in [2.05, 4.69) is 27.6 Å². The van der Waals surface area contributed by atoms with Crippen molar-refractivity contribution in [2.45, 2.75) is 6.92 Å². The fraction of sp³-hybridized carbons (Fsp3) is 0.750. The first-order valence-electron chi connectivity index (χ1n) is 2.05. The molecular formula is C4H8INS. The van der Waals surface area contributed by atoms with Crippen molar-refractivity contribution < 1.29 is 0 Å². The first-order chi connectivity index (χ1) is 3.31. The molecule has 0 saturated heterocycles. The van der Waals surface area contributed by atoms with Crippen molar-refractivity contribution in [3.8, 4) is 0 Å². The summed E-state index contributed by atoms with van der Waals surface area (Å²) in [6.07, 6.45) is 2.03. The van der Waals surface area contributed by atoms with Gasteiger partial charge in [0.15, 0.2) is 0 Å². The average Bonchev–Trinajstić information content (AvgIpc) is 1.68. The highest BCUT2D eigenvalue weighted by Gasteiger charge is 1.81. The Morgan fingerprint density at radius 1 is 1.86 bits per heavy atom. The van der Waals surface area contributed by atoms with E-state index in [0.29, 0.717) is 0 Å². The molecule has 0 heterocycles. The number of thioether (sulfide) groups is 1. The number of halogens is 1. The predicted octanol–water partition coefficient (Wildman–Crippen LogP) is 2.16. The van der Waals surface area contributed by atoms with Gasteiger partial charge in [-0.05, 0) is 35.8 Å². The maximum absolute atomic E-state index is 4.11. The van der Waals surface area contributed by atoms with Gasteiger partial charge in [-0.1, -0.05) is 0 Å². The van der Waals surface area contributed by atoms with Crippen LogP contribution in [0.5, 0.6) is 0 Å². The molecular weight excluding hydrogens is 221 g/mol. The van der Waals surface area contributed by atoms with Crippen LogP contribution in [0.2, 0.25) is 0 Å². The monoisotopic (exact) mass is 229 g/mol. The van der Waals surface area contributed by atoms with Crippen molar-refractivity contribution in [3.05, 3.63) is 0 Å². The Kier molecular flexibility index (Phi) is 5.42. The molecule has 42 valence electrons. The summed E-state index contributed by atoms with van der Waals surface area (Å²) < 4.78 is 1.14. The van der Waals surface area contributed by atoms with E-state index in [1.165, 1.54) is 0 Å². The summed E-state index contributed by atoms with van der Waals surface area (Å²) in [7, 11) is 0. The summed E-state index contributed by atoms with van der Waals surface area (Å²) in [6, 6.07) is 0. The molecule has 0 atom stereocenters. The van der Waals surface area contributed by atoms with E-state index in [0.717, 1.165) is 9.60 Å². The van der Waals surface area contributed by atoms with Crippen LogP contribution in [0.25, 0.3) is 0 Å². The van der Waals surface area contributed by atoms with Gasteiger partial charge in [0.2, 0.25) is 0 Å². The maximum Gasteiger partial charge on any atom is 0.128 e. The normalized spacial score (nSPS) is 12.1. The molecule has 0 N–H and O–H groups in total. The van der Waals surface area contributed by atoms with E-state index in [4.69, 9.17) is 0 Å². The number of hydrogen-bond acceptors (Lipinski definition) is 2. The summed E-state index contributed by atoms with van der Waals surface area (Å²) in [4.78, 5) is 4.11. The first-order valence-corrected chi connectivity index (χ1v) is 4.35. The zero-order chi connectivity index (χ0) is 5.70. The Labute approximate surface area is 62.1 Å². The van der Waals surface area contributed by atoms with Crippen molar-refractivity contribution in [1.29, 1.82) is 0 Å². The van der Waals surface area contributed by atoms with Crippen molar-refractivity contribution in [1.82, 2.24) is 0 Å². The minimum Gasteiger partial charge on any atom is -0.272 e. The second-order valence-corrected chi connectivity index (χ2v) is 3.48. The molecule has 0 aromatic rings. The first kappa shape index (κ1) is 7.75. The molecule has 7 heavy (non-hydrogen) atoms. The number of nitrogens with zero attached hydrogens (tertiary/aromatic N) is 1. The Morgan fingerprint density at radius 3 is 2.57 bits per heavy atom. The van der Waals surface area contributed by atoms with Gasteiger partial charge in [-0.2, -0.15) is 0 Å². The van der Waals surface area contributed by atoms with E-state index >= 15 is 0 Å². The molecule has 1 nitrogen and oxygen atoms in total. The van der Waals surface area contributed by atoms with Gasteiger partial charge in [0.25, 0.3) is 0 Å². The Morgan fingerprint density at radius 2 is 2.43 bits per heavy atom. The lowest BCUT2D eigenvalue weighted by molar-refractivity contribution is 1.14. The summed E-state index contributed by atoms with van der Waals surface area (Å²) in [6.45, 7) is 2.94. The largest absolute Gasteiger partial charge is 0.272 e. The molecule has 0 unspecified atom stereocenters. The summed E-state index contributed by atoms with van der Waals surface area (Å²) in [5.74, 6) is 0. The third kappa shape index (κ3) is 4.61. The second kappa shape index (κ2) is 4.90. The fourth-order valence-electron chi connectivity index (χ4n) is 0.189. The van der Waals surface area contributed by atoms with E-state index in [1.807, 2.05) is 13.2 Å². The molecule has 0 radical (unpaired) electrons. The zero-order valence-electron chi connectivity index (χ0n) is 4.44. The molecule has 0 aliphatic rings. The molecule has 0 spiro atoms. The van der Waals surface area contributed by atoms with Crippen LogP contribution in [-0.2, 0) is 0 Å². The highest BCUT2D eigenvalue weighted by molar-refractivity contribution is 14.1. The lowest BCUT2D eigenvalue weighted by Gasteiger charge is -1.85. The molecule has 0 aromatic carbocycles. The topological polar surface area (TPSA) is 12.4 Å². The average molecular weight is 229 g/mol. The molecule has 0 saturated carbocycles. The summed E-state index contributed by atoms with van der Waals surface area (Å²) in [5.41, 5.74) is 0. The predicted molar refractivity (Wildman–Crippen MR) is 45.5 cm³/mol. The molecule has 0 aliphatic carbocycles. The van der Waals surface area contributed by atoms with Gasteiger partial charge in [0.1, 0.15) is 3.05 Å². The van der Waals surface area contributed by atoms with Gasteiger partial charge < -0.3 is 0 Å². The van der Waals surface area contributed by atoms with E-state index < -0.39 is 0 Å². The quantitative estimate of drug-likeness (QED) is 0.381. The summed E-state index contributed by atoms with van der Waals surface area (Å²) in [5, 5.41) is 0.